The normalized spacial score (nSPS) is 16.9. The second kappa shape index (κ2) is 6.10. The van der Waals surface area contributed by atoms with Crippen molar-refractivity contribution in [3.05, 3.63) is 22.7 Å². The summed E-state index contributed by atoms with van der Waals surface area (Å²) in [7, 11) is 0. The van der Waals surface area contributed by atoms with Crippen LogP contribution in [0.3, 0.4) is 0 Å². The van der Waals surface area contributed by atoms with Gasteiger partial charge in [-0.3, -0.25) is 0 Å². The van der Waals surface area contributed by atoms with Crippen molar-refractivity contribution in [1.82, 2.24) is 4.98 Å². The topological polar surface area (TPSA) is 24.9 Å². The number of hydrogen-bond donors (Lipinski definition) is 1. The zero-order valence-corrected chi connectivity index (χ0v) is 12.6. The van der Waals surface area contributed by atoms with Gasteiger partial charge in [0.25, 0.3) is 0 Å². The molecule has 0 spiro atoms. The quantitative estimate of drug-likeness (QED) is 0.824. The smallest absolute Gasteiger partial charge is 0.106 e. The molecule has 1 heterocycles. The van der Waals surface area contributed by atoms with Gasteiger partial charge in [-0.05, 0) is 24.5 Å². The van der Waals surface area contributed by atoms with E-state index in [9.17, 15) is 0 Å². The first-order valence-electron chi connectivity index (χ1n) is 7.10. The summed E-state index contributed by atoms with van der Waals surface area (Å²) in [6.45, 7) is 1.00. The third-order valence-electron chi connectivity index (χ3n) is 4.03. The lowest BCUT2D eigenvalue weighted by Gasteiger charge is -2.21. The lowest BCUT2D eigenvalue weighted by Crippen LogP contribution is -2.12. The fraction of sp³-hybridized carbons (Fsp3) is 0.533. The Hall–Kier alpha value is -0.800. The molecule has 1 aromatic heterocycles. The summed E-state index contributed by atoms with van der Waals surface area (Å²) >= 11 is 7.95. The molecule has 4 heteroatoms. The number of aromatic nitrogens is 1. The van der Waals surface area contributed by atoms with E-state index < -0.39 is 0 Å². The largest absolute Gasteiger partial charge is 0.382 e. The van der Waals surface area contributed by atoms with Crippen molar-refractivity contribution in [2.45, 2.75) is 38.5 Å². The van der Waals surface area contributed by atoms with E-state index in [0.717, 1.165) is 28.7 Å². The van der Waals surface area contributed by atoms with Crippen molar-refractivity contribution < 1.29 is 0 Å². The molecule has 1 N–H and O–H groups in total. The van der Waals surface area contributed by atoms with Gasteiger partial charge in [0.1, 0.15) is 5.52 Å². The van der Waals surface area contributed by atoms with E-state index in [4.69, 9.17) is 11.6 Å². The van der Waals surface area contributed by atoms with Crippen LogP contribution in [0.5, 0.6) is 0 Å². The number of halogens is 1. The number of anilines is 1. The van der Waals surface area contributed by atoms with E-state index in [0.29, 0.717) is 0 Å². The number of rotatable bonds is 4. The lowest BCUT2D eigenvalue weighted by molar-refractivity contribution is 0.345. The van der Waals surface area contributed by atoms with Crippen molar-refractivity contribution in [3.8, 4) is 0 Å². The van der Waals surface area contributed by atoms with E-state index in [1.165, 1.54) is 43.2 Å². The highest BCUT2D eigenvalue weighted by Crippen LogP contribution is 2.33. The molecule has 0 amide bonds. The van der Waals surface area contributed by atoms with Crippen LogP contribution in [-0.4, -0.2) is 11.5 Å². The molecule has 0 bridgehead atoms. The maximum Gasteiger partial charge on any atom is 0.106 e. The predicted molar refractivity (Wildman–Crippen MR) is 84.3 cm³/mol. The van der Waals surface area contributed by atoms with Crippen LogP contribution in [0.4, 0.5) is 5.69 Å². The van der Waals surface area contributed by atoms with Crippen LogP contribution >= 0.6 is 22.9 Å². The maximum atomic E-state index is 6.28. The first-order chi connectivity index (χ1) is 9.34. The van der Waals surface area contributed by atoms with Gasteiger partial charge in [-0.2, -0.15) is 0 Å². The molecule has 19 heavy (non-hydrogen) atoms. The average molecular weight is 295 g/mol. The molecule has 1 fully saturated rings. The Morgan fingerprint density at radius 2 is 2.11 bits per heavy atom. The van der Waals surface area contributed by atoms with Crippen LogP contribution in [0.15, 0.2) is 17.6 Å². The monoisotopic (exact) mass is 294 g/mol. The Labute approximate surface area is 123 Å². The molecular formula is C15H19ClN2S. The molecule has 1 aliphatic rings. The molecule has 0 saturated heterocycles. The number of nitrogens with zero attached hydrogens (tertiary/aromatic N) is 1. The Bertz CT molecular complexity index is 546. The van der Waals surface area contributed by atoms with Crippen molar-refractivity contribution in [1.29, 1.82) is 0 Å². The first-order valence-corrected chi connectivity index (χ1v) is 8.36. The van der Waals surface area contributed by atoms with Crippen LogP contribution < -0.4 is 5.32 Å². The molecule has 1 aliphatic carbocycles. The summed E-state index contributed by atoms with van der Waals surface area (Å²) in [4.78, 5) is 4.42. The number of hydrogen-bond acceptors (Lipinski definition) is 3. The van der Waals surface area contributed by atoms with Gasteiger partial charge < -0.3 is 5.32 Å². The second-order valence-electron chi connectivity index (χ2n) is 5.34. The standard InChI is InChI=1S/C15H19ClN2S/c16-12-6-7-13-15(18-10-19-13)14(12)17-9-8-11-4-2-1-3-5-11/h6-7,10-11,17H,1-5,8-9H2. The molecule has 1 aromatic carbocycles. The van der Waals surface area contributed by atoms with Gasteiger partial charge in [-0.15, -0.1) is 11.3 Å². The van der Waals surface area contributed by atoms with Crippen LogP contribution in [0.2, 0.25) is 5.02 Å². The third-order valence-corrected chi connectivity index (χ3v) is 5.14. The number of benzene rings is 1. The second-order valence-corrected chi connectivity index (χ2v) is 6.63. The Kier molecular flexibility index (Phi) is 4.24. The lowest BCUT2D eigenvalue weighted by atomic mass is 9.87. The summed E-state index contributed by atoms with van der Waals surface area (Å²) in [5.74, 6) is 0.898. The Morgan fingerprint density at radius 1 is 1.26 bits per heavy atom. The Balaban J connectivity index is 1.64. The molecule has 3 rings (SSSR count). The van der Waals surface area contributed by atoms with Crippen LogP contribution in [-0.2, 0) is 0 Å². The maximum absolute atomic E-state index is 6.28. The third kappa shape index (κ3) is 3.03. The van der Waals surface area contributed by atoms with Gasteiger partial charge in [0.2, 0.25) is 0 Å². The minimum atomic E-state index is 0.780. The van der Waals surface area contributed by atoms with Crippen LogP contribution in [0.1, 0.15) is 38.5 Å². The molecule has 0 unspecified atom stereocenters. The van der Waals surface area contributed by atoms with Gasteiger partial charge in [-0.25, -0.2) is 4.98 Å². The molecule has 0 atom stereocenters. The summed E-state index contributed by atoms with van der Waals surface area (Å²) in [6.07, 6.45) is 8.29. The molecule has 2 nitrogen and oxygen atoms in total. The van der Waals surface area contributed by atoms with E-state index in [1.54, 1.807) is 11.3 Å². The molecule has 0 radical (unpaired) electrons. The molecule has 2 aromatic rings. The van der Waals surface area contributed by atoms with Crippen LogP contribution in [0.25, 0.3) is 10.2 Å². The van der Waals surface area contributed by atoms with Crippen molar-refractivity contribution in [3.63, 3.8) is 0 Å². The van der Waals surface area contributed by atoms with Gasteiger partial charge >= 0.3 is 0 Å². The van der Waals surface area contributed by atoms with Crippen molar-refractivity contribution >= 4 is 38.8 Å². The van der Waals surface area contributed by atoms with E-state index in [-0.39, 0.29) is 0 Å². The minimum absolute atomic E-state index is 0.780. The van der Waals surface area contributed by atoms with Crippen LogP contribution in [0, 0.1) is 5.92 Å². The van der Waals surface area contributed by atoms with E-state index in [1.807, 2.05) is 17.6 Å². The molecule has 0 aliphatic heterocycles. The number of nitrogens with one attached hydrogen (secondary N) is 1. The highest BCUT2D eigenvalue weighted by molar-refractivity contribution is 7.16. The highest BCUT2D eigenvalue weighted by atomic mass is 35.5. The first kappa shape index (κ1) is 13.2. The van der Waals surface area contributed by atoms with Crippen molar-refractivity contribution in [2.24, 2.45) is 5.92 Å². The summed E-state index contributed by atoms with van der Waals surface area (Å²) in [5, 5.41) is 4.28. The minimum Gasteiger partial charge on any atom is -0.382 e. The van der Waals surface area contributed by atoms with E-state index >= 15 is 0 Å². The molecule has 1 saturated carbocycles. The fourth-order valence-electron chi connectivity index (χ4n) is 2.95. The van der Waals surface area contributed by atoms with E-state index in [2.05, 4.69) is 10.3 Å². The highest BCUT2D eigenvalue weighted by Gasteiger charge is 2.14. The SMILES string of the molecule is Clc1ccc2scnc2c1NCCC1CCCCC1. The number of thiazole rings is 1. The van der Waals surface area contributed by atoms with Gasteiger partial charge in [0, 0.05) is 6.54 Å². The summed E-state index contributed by atoms with van der Waals surface area (Å²) < 4.78 is 1.20. The zero-order valence-electron chi connectivity index (χ0n) is 11.0. The molecule has 102 valence electrons. The Morgan fingerprint density at radius 3 is 2.95 bits per heavy atom. The molecular weight excluding hydrogens is 276 g/mol. The fourth-order valence-corrected chi connectivity index (χ4v) is 3.86. The van der Waals surface area contributed by atoms with Gasteiger partial charge in [0.05, 0.1) is 20.9 Å². The van der Waals surface area contributed by atoms with Crippen molar-refractivity contribution in [2.75, 3.05) is 11.9 Å². The van der Waals surface area contributed by atoms with Gasteiger partial charge in [-0.1, -0.05) is 43.7 Å². The predicted octanol–water partition coefficient (Wildman–Crippen LogP) is 5.33. The van der Waals surface area contributed by atoms with Gasteiger partial charge in [0.15, 0.2) is 0 Å². The number of fused-ring (bicyclic) bond motifs is 1. The summed E-state index contributed by atoms with van der Waals surface area (Å²) in [6, 6.07) is 4.01. The average Bonchev–Trinajstić information content (AvgIpc) is 2.91. The zero-order chi connectivity index (χ0) is 13.1. The summed E-state index contributed by atoms with van der Waals surface area (Å²) in [5.41, 5.74) is 3.91.